The van der Waals surface area contributed by atoms with E-state index in [4.69, 9.17) is 5.73 Å². The van der Waals surface area contributed by atoms with Gasteiger partial charge in [0, 0.05) is 25.4 Å². The molecule has 0 heterocycles. The van der Waals surface area contributed by atoms with Gasteiger partial charge in [-0.3, -0.25) is 9.79 Å². The lowest BCUT2D eigenvalue weighted by atomic mass is 10.3. The Morgan fingerprint density at radius 2 is 2.07 bits per heavy atom. The maximum absolute atomic E-state index is 11.2. The zero-order valence-electron chi connectivity index (χ0n) is 9.34. The molecule has 1 amide bonds. The van der Waals surface area contributed by atoms with Gasteiger partial charge in [0.15, 0.2) is 0 Å². The Morgan fingerprint density at radius 1 is 1.43 bits per heavy atom. The molecule has 0 aliphatic carbocycles. The van der Waals surface area contributed by atoms with E-state index < -0.39 is 0 Å². The molecule has 0 aromatic heterocycles. The molecular weight excluding hydrogens is 178 g/mol. The van der Waals surface area contributed by atoms with Crippen LogP contribution in [0.4, 0.5) is 0 Å². The first-order chi connectivity index (χ1) is 6.56. The molecule has 0 saturated carbocycles. The van der Waals surface area contributed by atoms with Crippen LogP contribution in [-0.4, -0.2) is 24.3 Å². The van der Waals surface area contributed by atoms with Crippen molar-refractivity contribution in [3.8, 4) is 0 Å². The van der Waals surface area contributed by atoms with Crippen LogP contribution in [0, 0.1) is 0 Å². The summed E-state index contributed by atoms with van der Waals surface area (Å²) in [7, 11) is 0. The van der Waals surface area contributed by atoms with Crippen LogP contribution in [0.25, 0.3) is 0 Å². The SMILES string of the molecule is CCCC(N)=NCCC(=O)NC(C)C. The van der Waals surface area contributed by atoms with Crippen molar-refractivity contribution in [2.75, 3.05) is 6.54 Å². The van der Waals surface area contributed by atoms with Gasteiger partial charge in [-0.15, -0.1) is 0 Å². The largest absolute Gasteiger partial charge is 0.387 e. The van der Waals surface area contributed by atoms with Gasteiger partial charge in [-0.1, -0.05) is 6.92 Å². The molecule has 0 rings (SSSR count). The smallest absolute Gasteiger partial charge is 0.222 e. The number of carbonyl (C=O) groups excluding carboxylic acids is 1. The second-order valence-electron chi connectivity index (χ2n) is 3.60. The van der Waals surface area contributed by atoms with Crippen LogP contribution in [0.15, 0.2) is 4.99 Å². The number of amidine groups is 1. The zero-order chi connectivity index (χ0) is 11.0. The predicted octanol–water partition coefficient (Wildman–Crippen LogP) is 1.06. The second-order valence-corrected chi connectivity index (χ2v) is 3.60. The Hall–Kier alpha value is -1.06. The Kier molecular flexibility index (Phi) is 6.80. The van der Waals surface area contributed by atoms with Gasteiger partial charge in [-0.05, 0) is 20.3 Å². The summed E-state index contributed by atoms with van der Waals surface area (Å²) in [6.07, 6.45) is 2.22. The summed E-state index contributed by atoms with van der Waals surface area (Å²) in [5.41, 5.74) is 5.59. The van der Waals surface area contributed by atoms with Gasteiger partial charge in [0.1, 0.15) is 0 Å². The van der Waals surface area contributed by atoms with E-state index in [2.05, 4.69) is 10.3 Å². The lowest BCUT2D eigenvalue weighted by molar-refractivity contribution is -0.121. The maximum Gasteiger partial charge on any atom is 0.222 e. The molecule has 0 aromatic rings. The molecule has 0 aliphatic heterocycles. The average molecular weight is 199 g/mol. The fraction of sp³-hybridized carbons (Fsp3) is 0.800. The van der Waals surface area contributed by atoms with Crippen molar-refractivity contribution in [3.05, 3.63) is 0 Å². The topological polar surface area (TPSA) is 67.5 Å². The minimum Gasteiger partial charge on any atom is -0.387 e. The molecule has 0 spiro atoms. The van der Waals surface area contributed by atoms with E-state index in [1.807, 2.05) is 20.8 Å². The third kappa shape index (κ3) is 7.58. The first kappa shape index (κ1) is 12.9. The fourth-order valence-electron chi connectivity index (χ4n) is 1.03. The standard InChI is InChI=1S/C10H21N3O/c1-4-5-9(11)12-7-6-10(14)13-8(2)3/h8H,4-7H2,1-3H3,(H2,11,12)(H,13,14). The van der Waals surface area contributed by atoms with Gasteiger partial charge < -0.3 is 11.1 Å². The van der Waals surface area contributed by atoms with Crippen LogP contribution >= 0.6 is 0 Å². The van der Waals surface area contributed by atoms with Crippen molar-refractivity contribution in [2.45, 2.75) is 46.1 Å². The minimum atomic E-state index is 0.0352. The third-order valence-corrected chi connectivity index (χ3v) is 1.61. The fourth-order valence-corrected chi connectivity index (χ4v) is 1.03. The average Bonchev–Trinajstić information content (AvgIpc) is 2.02. The zero-order valence-corrected chi connectivity index (χ0v) is 9.34. The molecule has 0 aliphatic rings. The van der Waals surface area contributed by atoms with Crippen molar-refractivity contribution < 1.29 is 4.79 Å². The molecule has 4 heteroatoms. The third-order valence-electron chi connectivity index (χ3n) is 1.61. The Labute approximate surface area is 86.0 Å². The lowest BCUT2D eigenvalue weighted by Crippen LogP contribution is -2.30. The number of nitrogens with two attached hydrogens (primary N) is 1. The summed E-state index contributed by atoms with van der Waals surface area (Å²) >= 11 is 0. The van der Waals surface area contributed by atoms with E-state index >= 15 is 0 Å². The first-order valence-corrected chi connectivity index (χ1v) is 5.14. The highest BCUT2D eigenvalue weighted by Gasteiger charge is 2.01. The van der Waals surface area contributed by atoms with Crippen molar-refractivity contribution in [1.82, 2.24) is 5.32 Å². The molecule has 0 saturated heterocycles. The normalized spacial score (nSPS) is 11.9. The van der Waals surface area contributed by atoms with Crippen molar-refractivity contribution in [1.29, 1.82) is 0 Å². The van der Waals surface area contributed by atoms with E-state index in [0.29, 0.717) is 18.8 Å². The number of amides is 1. The second kappa shape index (κ2) is 7.35. The summed E-state index contributed by atoms with van der Waals surface area (Å²) in [6, 6.07) is 0.194. The van der Waals surface area contributed by atoms with Gasteiger partial charge in [0.05, 0.1) is 5.84 Å². The van der Waals surface area contributed by atoms with Crippen LogP contribution in [0.1, 0.15) is 40.0 Å². The molecule has 3 N–H and O–H groups in total. The number of nitrogens with zero attached hydrogens (tertiary/aromatic N) is 1. The number of hydrogen-bond acceptors (Lipinski definition) is 2. The van der Waals surface area contributed by atoms with Crippen molar-refractivity contribution in [3.63, 3.8) is 0 Å². The van der Waals surface area contributed by atoms with Gasteiger partial charge in [-0.2, -0.15) is 0 Å². The molecule has 0 atom stereocenters. The summed E-state index contributed by atoms with van der Waals surface area (Å²) in [6.45, 7) is 6.41. The quantitative estimate of drug-likeness (QED) is 0.496. The monoisotopic (exact) mass is 199 g/mol. The Bertz CT molecular complexity index is 200. The molecule has 14 heavy (non-hydrogen) atoms. The van der Waals surface area contributed by atoms with Crippen LogP contribution < -0.4 is 11.1 Å². The highest BCUT2D eigenvalue weighted by molar-refractivity contribution is 5.81. The summed E-state index contributed by atoms with van der Waals surface area (Å²) in [5, 5.41) is 2.80. The van der Waals surface area contributed by atoms with E-state index in [1.165, 1.54) is 0 Å². The summed E-state index contributed by atoms with van der Waals surface area (Å²) in [4.78, 5) is 15.3. The van der Waals surface area contributed by atoms with E-state index in [1.54, 1.807) is 0 Å². The highest BCUT2D eigenvalue weighted by atomic mass is 16.1. The Balaban J connectivity index is 3.62. The number of nitrogens with one attached hydrogen (secondary N) is 1. The molecule has 0 bridgehead atoms. The highest BCUT2D eigenvalue weighted by Crippen LogP contribution is 1.89. The predicted molar refractivity (Wildman–Crippen MR) is 59.3 cm³/mol. The van der Waals surface area contributed by atoms with Crippen LogP contribution in [0.3, 0.4) is 0 Å². The van der Waals surface area contributed by atoms with Gasteiger partial charge in [0.2, 0.25) is 5.91 Å². The van der Waals surface area contributed by atoms with Crippen LogP contribution in [-0.2, 0) is 4.79 Å². The van der Waals surface area contributed by atoms with E-state index in [0.717, 1.165) is 12.8 Å². The molecule has 0 fully saturated rings. The summed E-state index contributed by atoms with van der Waals surface area (Å²) in [5.74, 6) is 0.679. The van der Waals surface area contributed by atoms with Crippen molar-refractivity contribution in [2.24, 2.45) is 10.7 Å². The molecular formula is C10H21N3O. The van der Waals surface area contributed by atoms with E-state index in [9.17, 15) is 4.79 Å². The maximum atomic E-state index is 11.2. The lowest BCUT2D eigenvalue weighted by Gasteiger charge is -2.06. The van der Waals surface area contributed by atoms with Gasteiger partial charge in [-0.25, -0.2) is 0 Å². The van der Waals surface area contributed by atoms with Crippen LogP contribution in [0.2, 0.25) is 0 Å². The molecule has 82 valence electrons. The molecule has 4 nitrogen and oxygen atoms in total. The summed E-state index contributed by atoms with van der Waals surface area (Å²) < 4.78 is 0. The van der Waals surface area contributed by atoms with E-state index in [-0.39, 0.29) is 11.9 Å². The number of carbonyl (C=O) groups is 1. The van der Waals surface area contributed by atoms with Gasteiger partial charge in [0.25, 0.3) is 0 Å². The molecule has 0 aromatic carbocycles. The number of rotatable bonds is 6. The first-order valence-electron chi connectivity index (χ1n) is 5.14. The number of aliphatic imine (C=N–C) groups is 1. The van der Waals surface area contributed by atoms with Gasteiger partial charge >= 0.3 is 0 Å². The number of hydrogen-bond donors (Lipinski definition) is 2. The Morgan fingerprint density at radius 3 is 2.57 bits per heavy atom. The van der Waals surface area contributed by atoms with Crippen LogP contribution in [0.5, 0.6) is 0 Å². The molecule has 0 unspecified atom stereocenters. The minimum absolute atomic E-state index is 0.0352. The van der Waals surface area contributed by atoms with Crippen molar-refractivity contribution >= 4 is 11.7 Å². The molecule has 0 radical (unpaired) electrons.